The summed E-state index contributed by atoms with van der Waals surface area (Å²) in [5.41, 5.74) is 9.41. The van der Waals surface area contributed by atoms with Gasteiger partial charge in [0.25, 0.3) is 0 Å². The van der Waals surface area contributed by atoms with Crippen molar-refractivity contribution in [2.45, 2.75) is 25.7 Å². The maximum Gasteiger partial charge on any atom is 0.0589 e. The fourth-order valence-electron chi connectivity index (χ4n) is 1.78. The highest BCUT2D eigenvalue weighted by molar-refractivity contribution is 7.99. The van der Waals surface area contributed by atoms with Gasteiger partial charge in [-0.2, -0.15) is 0 Å². The Labute approximate surface area is 103 Å². The van der Waals surface area contributed by atoms with Gasteiger partial charge in [0, 0.05) is 17.2 Å². The van der Waals surface area contributed by atoms with Gasteiger partial charge in [0.1, 0.15) is 0 Å². The number of hydrogen-bond donors (Lipinski definition) is 1. The van der Waals surface area contributed by atoms with Gasteiger partial charge in [-0.1, -0.05) is 17.7 Å². The third-order valence-corrected chi connectivity index (χ3v) is 3.64. The minimum atomic E-state index is 0.604. The average molecular weight is 239 g/mol. The smallest absolute Gasteiger partial charge is 0.0589 e. The van der Waals surface area contributed by atoms with Crippen LogP contribution in [0.5, 0.6) is 0 Å². The maximum absolute atomic E-state index is 5.36. The maximum atomic E-state index is 5.36. The Morgan fingerprint density at radius 3 is 2.31 bits per heavy atom. The Kier molecular flexibility index (Phi) is 5.88. The lowest BCUT2D eigenvalue weighted by Gasteiger charge is -2.10. The first-order valence-electron chi connectivity index (χ1n) is 5.63. The number of ether oxygens (including phenoxy) is 1. The van der Waals surface area contributed by atoms with Gasteiger partial charge in [0.05, 0.1) is 13.2 Å². The molecule has 0 bridgehead atoms. The van der Waals surface area contributed by atoms with Crippen LogP contribution < -0.4 is 5.73 Å². The van der Waals surface area contributed by atoms with E-state index in [1.54, 1.807) is 0 Å². The minimum Gasteiger partial charge on any atom is -0.379 e. The number of thioether (sulfide) groups is 1. The van der Waals surface area contributed by atoms with Crippen molar-refractivity contribution in [1.82, 2.24) is 0 Å². The van der Waals surface area contributed by atoms with Gasteiger partial charge in [-0.15, -0.1) is 11.8 Å². The van der Waals surface area contributed by atoms with Gasteiger partial charge < -0.3 is 10.5 Å². The van der Waals surface area contributed by atoms with E-state index in [9.17, 15) is 0 Å². The first-order valence-corrected chi connectivity index (χ1v) is 6.62. The molecule has 0 aliphatic rings. The molecule has 90 valence electrons. The topological polar surface area (TPSA) is 35.2 Å². The third-order valence-electron chi connectivity index (χ3n) is 2.34. The Bertz CT molecular complexity index is 316. The van der Waals surface area contributed by atoms with Gasteiger partial charge in [-0.05, 0) is 31.9 Å². The van der Waals surface area contributed by atoms with Gasteiger partial charge in [0.2, 0.25) is 0 Å². The molecule has 0 unspecified atom stereocenters. The molecule has 2 nitrogen and oxygen atoms in total. The van der Waals surface area contributed by atoms with Crippen LogP contribution in [0.2, 0.25) is 0 Å². The van der Waals surface area contributed by atoms with Crippen molar-refractivity contribution in [2.24, 2.45) is 5.73 Å². The predicted octanol–water partition coefficient (Wildman–Crippen LogP) is 2.68. The van der Waals surface area contributed by atoms with Crippen molar-refractivity contribution in [3.63, 3.8) is 0 Å². The van der Waals surface area contributed by atoms with Crippen LogP contribution in [0.25, 0.3) is 0 Å². The van der Waals surface area contributed by atoms with Crippen molar-refractivity contribution >= 4 is 11.8 Å². The Hall–Kier alpha value is -0.510. The molecule has 1 rings (SSSR count). The van der Waals surface area contributed by atoms with E-state index in [0.29, 0.717) is 13.2 Å². The molecule has 2 N–H and O–H groups in total. The molecule has 0 heterocycles. The van der Waals surface area contributed by atoms with E-state index >= 15 is 0 Å². The fourth-order valence-corrected chi connectivity index (χ4v) is 2.76. The van der Waals surface area contributed by atoms with Crippen molar-refractivity contribution in [3.05, 3.63) is 28.8 Å². The van der Waals surface area contributed by atoms with E-state index in [-0.39, 0.29) is 0 Å². The Morgan fingerprint density at radius 2 is 1.75 bits per heavy atom. The van der Waals surface area contributed by atoms with Gasteiger partial charge in [-0.25, -0.2) is 0 Å². The van der Waals surface area contributed by atoms with Crippen molar-refractivity contribution < 1.29 is 4.74 Å². The largest absolute Gasteiger partial charge is 0.379 e. The fraction of sp³-hybridized carbons (Fsp3) is 0.538. The highest BCUT2D eigenvalue weighted by Crippen LogP contribution is 2.27. The zero-order valence-electron chi connectivity index (χ0n) is 10.4. The molecular weight excluding hydrogens is 218 g/mol. The number of aryl methyl sites for hydroxylation is 3. The van der Waals surface area contributed by atoms with Crippen LogP contribution in [0.4, 0.5) is 0 Å². The lowest BCUT2D eigenvalue weighted by Crippen LogP contribution is -2.09. The van der Waals surface area contributed by atoms with Crippen LogP contribution in [0.3, 0.4) is 0 Å². The molecule has 1 aromatic carbocycles. The molecule has 1 aromatic rings. The quantitative estimate of drug-likeness (QED) is 0.612. The lowest BCUT2D eigenvalue weighted by molar-refractivity contribution is 0.158. The van der Waals surface area contributed by atoms with Crippen LogP contribution >= 0.6 is 11.8 Å². The second kappa shape index (κ2) is 6.94. The SMILES string of the molecule is Cc1cc(C)c(SCCOCCN)c(C)c1. The first-order chi connectivity index (χ1) is 7.65. The average Bonchev–Trinajstić information content (AvgIpc) is 2.20. The lowest BCUT2D eigenvalue weighted by atomic mass is 10.1. The van der Waals surface area contributed by atoms with Crippen LogP contribution in [-0.2, 0) is 4.74 Å². The molecule has 0 atom stereocenters. The number of hydrogen-bond acceptors (Lipinski definition) is 3. The van der Waals surface area contributed by atoms with E-state index in [1.165, 1.54) is 21.6 Å². The highest BCUT2D eigenvalue weighted by Gasteiger charge is 2.03. The molecule has 0 fully saturated rings. The van der Waals surface area contributed by atoms with E-state index in [4.69, 9.17) is 10.5 Å². The third kappa shape index (κ3) is 4.16. The van der Waals surface area contributed by atoms with Crippen molar-refractivity contribution in [2.75, 3.05) is 25.5 Å². The predicted molar refractivity (Wildman–Crippen MR) is 71.3 cm³/mol. The molecule has 0 aromatic heterocycles. The van der Waals surface area contributed by atoms with E-state index in [1.807, 2.05) is 11.8 Å². The number of benzene rings is 1. The van der Waals surface area contributed by atoms with Crippen molar-refractivity contribution in [1.29, 1.82) is 0 Å². The van der Waals surface area contributed by atoms with Crippen LogP contribution in [0.15, 0.2) is 17.0 Å². The molecule has 3 heteroatoms. The van der Waals surface area contributed by atoms with E-state index in [2.05, 4.69) is 32.9 Å². The summed E-state index contributed by atoms with van der Waals surface area (Å²) in [6.45, 7) is 8.51. The number of nitrogens with two attached hydrogens (primary N) is 1. The molecule has 0 radical (unpaired) electrons. The summed E-state index contributed by atoms with van der Waals surface area (Å²) in [4.78, 5) is 1.39. The molecule has 0 aliphatic carbocycles. The zero-order chi connectivity index (χ0) is 12.0. The molecule has 0 aliphatic heterocycles. The molecule has 0 spiro atoms. The summed E-state index contributed by atoms with van der Waals surface area (Å²) in [5.74, 6) is 0.991. The highest BCUT2D eigenvalue weighted by atomic mass is 32.2. The Morgan fingerprint density at radius 1 is 1.12 bits per heavy atom. The molecule has 0 amide bonds. The summed E-state index contributed by atoms with van der Waals surface area (Å²) in [6, 6.07) is 4.46. The van der Waals surface area contributed by atoms with Crippen LogP contribution in [0, 0.1) is 20.8 Å². The second-order valence-corrected chi connectivity index (χ2v) is 5.08. The minimum absolute atomic E-state index is 0.604. The summed E-state index contributed by atoms with van der Waals surface area (Å²) in [6.07, 6.45) is 0. The molecule has 16 heavy (non-hydrogen) atoms. The van der Waals surface area contributed by atoms with Gasteiger partial charge in [0.15, 0.2) is 0 Å². The standard InChI is InChI=1S/C13H21NOS/c1-10-8-11(2)13(12(3)9-10)16-7-6-15-5-4-14/h8-9H,4-7,14H2,1-3H3. The summed E-state index contributed by atoms with van der Waals surface area (Å²) < 4.78 is 5.36. The van der Waals surface area contributed by atoms with E-state index < -0.39 is 0 Å². The Balaban J connectivity index is 2.47. The van der Waals surface area contributed by atoms with Gasteiger partial charge in [-0.3, -0.25) is 0 Å². The van der Waals surface area contributed by atoms with Crippen LogP contribution in [-0.4, -0.2) is 25.5 Å². The zero-order valence-corrected chi connectivity index (χ0v) is 11.2. The second-order valence-electron chi connectivity index (χ2n) is 3.98. The monoisotopic (exact) mass is 239 g/mol. The molecular formula is C13H21NOS. The molecule has 0 saturated heterocycles. The normalized spacial score (nSPS) is 10.8. The van der Waals surface area contributed by atoms with Gasteiger partial charge >= 0.3 is 0 Å². The van der Waals surface area contributed by atoms with E-state index in [0.717, 1.165) is 12.4 Å². The van der Waals surface area contributed by atoms with Crippen LogP contribution in [0.1, 0.15) is 16.7 Å². The number of rotatable bonds is 6. The summed E-state index contributed by atoms with van der Waals surface area (Å²) in [7, 11) is 0. The summed E-state index contributed by atoms with van der Waals surface area (Å²) >= 11 is 1.87. The molecule has 0 saturated carbocycles. The first kappa shape index (κ1) is 13.6. The van der Waals surface area contributed by atoms with Crippen molar-refractivity contribution in [3.8, 4) is 0 Å². The summed E-state index contributed by atoms with van der Waals surface area (Å²) in [5, 5.41) is 0.